The lowest BCUT2D eigenvalue weighted by atomic mass is 10.3. The Labute approximate surface area is 92.2 Å². The van der Waals surface area contributed by atoms with Crippen molar-refractivity contribution < 1.29 is 8.42 Å². The van der Waals surface area contributed by atoms with E-state index in [1.807, 2.05) is 6.92 Å². The molecule has 0 spiro atoms. The molecule has 1 saturated carbocycles. The molecule has 1 aliphatic carbocycles. The molecule has 0 bridgehead atoms. The van der Waals surface area contributed by atoms with Crippen LogP contribution in [0.2, 0.25) is 0 Å². The second kappa shape index (κ2) is 5.25. The van der Waals surface area contributed by atoms with Gasteiger partial charge in [-0.3, -0.25) is 0 Å². The van der Waals surface area contributed by atoms with Crippen molar-refractivity contribution in [3.63, 3.8) is 0 Å². The molecular weight excluding hydrogens is 214 g/mol. The average molecular weight is 235 g/mol. The smallest absolute Gasteiger partial charge is 0.279 e. The van der Waals surface area contributed by atoms with Gasteiger partial charge in [-0.15, -0.1) is 0 Å². The molecule has 0 aromatic heterocycles. The van der Waals surface area contributed by atoms with Crippen LogP contribution in [0.1, 0.15) is 26.2 Å². The highest BCUT2D eigenvalue weighted by Crippen LogP contribution is 2.29. The topological polar surface area (TPSA) is 75.4 Å². The second-order valence-electron chi connectivity index (χ2n) is 4.39. The Balaban J connectivity index is 2.29. The predicted octanol–water partition coefficient (Wildman–Crippen LogP) is -0.100. The molecule has 0 aromatic rings. The normalized spacial score (nSPS) is 19.5. The summed E-state index contributed by atoms with van der Waals surface area (Å²) in [7, 11) is -1.67. The summed E-state index contributed by atoms with van der Waals surface area (Å²) in [5.41, 5.74) is 5.54. The van der Waals surface area contributed by atoms with Gasteiger partial charge in [0.25, 0.3) is 10.2 Å². The molecule has 0 aliphatic heterocycles. The third kappa shape index (κ3) is 4.92. The zero-order valence-corrected chi connectivity index (χ0v) is 10.3. The molecule has 6 heteroatoms. The van der Waals surface area contributed by atoms with E-state index in [9.17, 15) is 8.42 Å². The summed E-state index contributed by atoms with van der Waals surface area (Å²) in [6, 6.07) is 0.0291. The van der Waals surface area contributed by atoms with Gasteiger partial charge in [0.2, 0.25) is 0 Å². The summed E-state index contributed by atoms with van der Waals surface area (Å²) < 4.78 is 27.2. The molecule has 1 atom stereocenters. The molecule has 0 radical (unpaired) electrons. The fraction of sp³-hybridized carbons (Fsp3) is 1.00. The molecule has 0 aromatic carbocycles. The van der Waals surface area contributed by atoms with E-state index in [0.29, 0.717) is 25.4 Å². The summed E-state index contributed by atoms with van der Waals surface area (Å²) in [5.74, 6) is 0.569. The Bertz CT molecular complexity index is 286. The van der Waals surface area contributed by atoms with E-state index in [0.717, 1.165) is 12.8 Å². The number of hydrogen-bond acceptors (Lipinski definition) is 3. The highest BCUT2D eigenvalue weighted by molar-refractivity contribution is 7.87. The minimum Gasteiger partial charge on any atom is -0.328 e. The van der Waals surface area contributed by atoms with Gasteiger partial charge in [-0.1, -0.05) is 0 Å². The van der Waals surface area contributed by atoms with Gasteiger partial charge in [-0.25, -0.2) is 4.72 Å². The first-order valence-electron chi connectivity index (χ1n) is 5.38. The van der Waals surface area contributed by atoms with E-state index < -0.39 is 10.2 Å². The number of nitrogens with zero attached hydrogens (tertiary/aromatic N) is 1. The molecule has 5 nitrogen and oxygen atoms in total. The molecule has 1 fully saturated rings. The monoisotopic (exact) mass is 235 g/mol. The molecule has 1 rings (SSSR count). The Morgan fingerprint density at radius 1 is 1.53 bits per heavy atom. The number of rotatable bonds is 7. The maximum absolute atomic E-state index is 11.6. The van der Waals surface area contributed by atoms with Crippen LogP contribution < -0.4 is 10.5 Å². The summed E-state index contributed by atoms with van der Waals surface area (Å²) >= 11 is 0. The van der Waals surface area contributed by atoms with Gasteiger partial charge in [0.1, 0.15) is 0 Å². The predicted molar refractivity (Wildman–Crippen MR) is 60.5 cm³/mol. The number of hydrogen-bond donors (Lipinski definition) is 2. The summed E-state index contributed by atoms with van der Waals surface area (Å²) in [6.07, 6.45) is 2.97. The minimum atomic E-state index is -3.28. The van der Waals surface area contributed by atoms with Gasteiger partial charge in [-0.05, 0) is 32.1 Å². The van der Waals surface area contributed by atoms with Crippen molar-refractivity contribution in [1.82, 2.24) is 9.03 Å². The van der Waals surface area contributed by atoms with E-state index in [2.05, 4.69) is 4.72 Å². The van der Waals surface area contributed by atoms with E-state index in [4.69, 9.17) is 5.73 Å². The molecule has 1 aliphatic rings. The molecule has 0 amide bonds. The van der Waals surface area contributed by atoms with E-state index in [1.54, 1.807) is 7.05 Å². The van der Waals surface area contributed by atoms with Gasteiger partial charge in [0.05, 0.1) is 0 Å². The van der Waals surface area contributed by atoms with Crippen molar-refractivity contribution in [3.05, 3.63) is 0 Å². The van der Waals surface area contributed by atoms with Crippen molar-refractivity contribution in [2.24, 2.45) is 11.7 Å². The third-order valence-electron chi connectivity index (χ3n) is 2.51. The fourth-order valence-electron chi connectivity index (χ4n) is 1.29. The summed E-state index contributed by atoms with van der Waals surface area (Å²) in [6.45, 7) is 2.91. The average Bonchev–Trinajstić information content (AvgIpc) is 2.86. The van der Waals surface area contributed by atoms with Crippen LogP contribution in [0.5, 0.6) is 0 Å². The van der Waals surface area contributed by atoms with Crippen LogP contribution in [-0.4, -0.2) is 38.9 Å². The lowest BCUT2D eigenvalue weighted by molar-refractivity contribution is 0.441. The van der Waals surface area contributed by atoms with Crippen LogP contribution in [0, 0.1) is 5.92 Å². The van der Waals surface area contributed by atoms with Crippen molar-refractivity contribution in [1.29, 1.82) is 0 Å². The van der Waals surface area contributed by atoms with Crippen LogP contribution in [0.4, 0.5) is 0 Å². The van der Waals surface area contributed by atoms with Crippen LogP contribution in [0.25, 0.3) is 0 Å². The van der Waals surface area contributed by atoms with Crippen molar-refractivity contribution in [3.8, 4) is 0 Å². The molecule has 90 valence electrons. The maximum Gasteiger partial charge on any atom is 0.279 e. The highest BCUT2D eigenvalue weighted by Gasteiger charge is 2.27. The standard InChI is InChI=1S/C9H21N3O2S/c1-8(10)5-6-11-15(13,14)12(2)7-9-3-4-9/h8-9,11H,3-7,10H2,1-2H3. The van der Waals surface area contributed by atoms with Gasteiger partial charge in [0.15, 0.2) is 0 Å². The van der Waals surface area contributed by atoms with Crippen molar-refractivity contribution >= 4 is 10.2 Å². The first-order chi connectivity index (χ1) is 6.92. The second-order valence-corrected chi connectivity index (χ2v) is 6.25. The largest absolute Gasteiger partial charge is 0.328 e. The van der Waals surface area contributed by atoms with E-state index in [-0.39, 0.29) is 6.04 Å². The Kier molecular flexibility index (Phi) is 4.51. The van der Waals surface area contributed by atoms with Crippen molar-refractivity contribution in [2.75, 3.05) is 20.1 Å². The lowest BCUT2D eigenvalue weighted by Crippen LogP contribution is -2.40. The van der Waals surface area contributed by atoms with Crippen LogP contribution >= 0.6 is 0 Å². The fourth-order valence-corrected chi connectivity index (χ4v) is 2.29. The molecule has 1 unspecified atom stereocenters. The Morgan fingerprint density at radius 3 is 2.60 bits per heavy atom. The van der Waals surface area contributed by atoms with Crippen LogP contribution in [-0.2, 0) is 10.2 Å². The molecule has 0 heterocycles. The SMILES string of the molecule is CC(N)CCNS(=O)(=O)N(C)CC1CC1. The molecule has 0 saturated heterocycles. The molecular formula is C9H21N3O2S. The maximum atomic E-state index is 11.6. The quantitative estimate of drug-likeness (QED) is 0.647. The first-order valence-corrected chi connectivity index (χ1v) is 6.82. The third-order valence-corrected chi connectivity index (χ3v) is 4.05. The van der Waals surface area contributed by atoms with Crippen LogP contribution in [0.3, 0.4) is 0 Å². The number of nitrogens with one attached hydrogen (secondary N) is 1. The lowest BCUT2D eigenvalue weighted by Gasteiger charge is -2.17. The Morgan fingerprint density at radius 2 is 2.13 bits per heavy atom. The van der Waals surface area contributed by atoms with E-state index >= 15 is 0 Å². The van der Waals surface area contributed by atoms with Gasteiger partial charge in [0, 0.05) is 26.2 Å². The first kappa shape index (κ1) is 12.9. The van der Waals surface area contributed by atoms with Gasteiger partial charge < -0.3 is 5.73 Å². The molecule has 15 heavy (non-hydrogen) atoms. The zero-order valence-electron chi connectivity index (χ0n) is 9.44. The van der Waals surface area contributed by atoms with E-state index in [1.165, 1.54) is 4.31 Å². The minimum absolute atomic E-state index is 0.0291. The molecule has 3 N–H and O–H groups in total. The van der Waals surface area contributed by atoms with Gasteiger partial charge >= 0.3 is 0 Å². The van der Waals surface area contributed by atoms with Gasteiger partial charge in [-0.2, -0.15) is 12.7 Å². The van der Waals surface area contributed by atoms with Crippen molar-refractivity contribution in [2.45, 2.75) is 32.2 Å². The Hall–Kier alpha value is -0.170. The highest BCUT2D eigenvalue weighted by atomic mass is 32.2. The van der Waals surface area contributed by atoms with Crippen LogP contribution in [0.15, 0.2) is 0 Å². The summed E-state index contributed by atoms with van der Waals surface area (Å²) in [5, 5.41) is 0. The number of nitrogens with two attached hydrogens (primary N) is 1. The summed E-state index contributed by atoms with van der Waals surface area (Å²) in [4.78, 5) is 0. The zero-order chi connectivity index (χ0) is 11.5.